The van der Waals surface area contributed by atoms with Gasteiger partial charge in [0, 0.05) is 6.07 Å². The number of fused-ring (bicyclic) bond motifs is 1. The van der Waals surface area contributed by atoms with Gasteiger partial charge in [-0.25, -0.2) is 0 Å². The predicted molar refractivity (Wildman–Crippen MR) is 81.4 cm³/mol. The Morgan fingerprint density at radius 1 is 1.09 bits per heavy atom. The molecule has 0 bridgehead atoms. The van der Waals surface area contributed by atoms with Crippen molar-refractivity contribution in [2.24, 2.45) is 0 Å². The van der Waals surface area contributed by atoms with Gasteiger partial charge in [0.05, 0.1) is 16.6 Å². The van der Waals surface area contributed by atoms with Crippen molar-refractivity contribution in [2.75, 3.05) is 0 Å². The Kier molecular flexibility index (Phi) is 3.69. The number of aromatic nitrogens is 2. The van der Waals surface area contributed by atoms with Gasteiger partial charge in [-0.05, 0) is 36.5 Å². The smallest absolute Gasteiger partial charge is 0.406 e. The number of benzene rings is 2. The molecule has 0 aliphatic rings. The first-order chi connectivity index (χ1) is 10.8. The Hall–Kier alpha value is -2.61. The quantitative estimate of drug-likeness (QED) is 0.720. The van der Waals surface area contributed by atoms with Crippen LogP contribution in [0.25, 0.3) is 16.6 Å². The summed E-state index contributed by atoms with van der Waals surface area (Å²) in [4.78, 5) is 15.4. The molecule has 0 atom stereocenters. The first-order valence-electron chi connectivity index (χ1n) is 6.45. The fourth-order valence-electron chi connectivity index (χ4n) is 2.22. The van der Waals surface area contributed by atoms with Crippen molar-refractivity contribution in [2.45, 2.75) is 6.36 Å². The zero-order chi connectivity index (χ0) is 16.6. The maximum Gasteiger partial charge on any atom is 0.573 e. The van der Waals surface area contributed by atoms with Crippen LogP contribution in [0.15, 0.2) is 53.3 Å². The lowest BCUT2D eigenvalue weighted by Crippen LogP contribution is -2.21. The molecule has 0 aliphatic heterocycles. The maximum atomic E-state index is 12.6. The number of H-pyrrole nitrogens is 1. The van der Waals surface area contributed by atoms with Gasteiger partial charge in [-0.3, -0.25) is 9.36 Å². The van der Waals surface area contributed by atoms with E-state index in [9.17, 15) is 18.0 Å². The lowest BCUT2D eigenvalue weighted by Gasteiger charge is -2.12. The topological polar surface area (TPSA) is 47.0 Å². The Balaban J connectivity index is 2.20. The normalized spacial score (nSPS) is 11.6. The number of hydrogen-bond donors (Lipinski definition) is 1. The second-order valence-electron chi connectivity index (χ2n) is 4.66. The number of alkyl halides is 3. The average molecular weight is 338 g/mol. The highest BCUT2D eigenvalue weighted by Crippen LogP contribution is 2.24. The lowest BCUT2D eigenvalue weighted by atomic mass is 10.2. The Labute approximate surface area is 132 Å². The standard InChI is InChI=1S/C15H9F3N2O2S/c16-15(17,18)22-10-5-3-4-9(8-10)20-13(21)11-6-1-2-7-12(11)19-14(20)23/h1-8H,(H,19,23). The minimum Gasteiger partial charge on any atom is -0.406 e. The summed E-state index contributed by atoms with van der Waals surface area (Å²) >= 11 is 5.15. The van der Waals surface area contributed by atoms with Crippen LogP contribution in [0.5, 0.6) is 5.75 Å². The van der Waals surface area contributed by atoms with E-state index >= 15 is 0 Å². The van der Waals surface area contributed by atoms with E-state index in [-0.39, 0.29) is 10.5 Å². The monoisotopic (exact) mass is 338 g/mol. The van der Waals surface area contributed by atoms with Crippen LogP contribution in [0.1, 0.15) is 0 Å². The van der Waals surface area contributed by atoms with Gasteiger partial charge in [-0.15, -0.1) is 13.2 Å². The van der Waals surface area contributed by atoms with Crippen LogP contribution < -0.4 is 10.3 Å². The van der Waals surface area contributed by atoms with Gasteiger partial charge in [-0.2, -0.15) is 0 Å². The molecule has 8 heteroatoms. The molecule has 0 saturated heterocycles. The van der Waals surface area contributed by atoms with Gasteiger partial charge in [0.2, 0.25) is 0 Å². The Bertz CT molecular complexity index is 992. The van der Waals surface area contributed by atoms with Crippen molar-refractivity contribution in [1.82, 2.24) is 9.55 Å². The number of hydrogen-bond acceptors (Lipinski definition) is 3. The molecule has 3 rings (SSSR count). The first-order valence-corrected chi connectivity index (χ1v) is 6.86. The van der Waals surface area contributed by atoms with Crippen LogP contribution in [0.4, 0.5) is 13.2 Å². The molecule has 0 radical (unpaired) electrons. The summed E-state index contributed by atoms with van der Waals surface area (Å²) in [6.07, 6.45) is -4.81. The third-order valence-electron chi connectivity index (χ3n) is 3.11. The summed E-state index contributed by atoms with van der Waals surface area (Å²) in [7, 11) is 0. The molecule has 0 unspecified atom stereocenters. The van der Waals surface area contributed by atoms with Crippen molar-refractivity contribution < 1.29 is 17.9 Å². The van der Waals surface area contributed by atoms with E-state index in [2.05, 4.69) is 9.72 Å². The summed E-state index contributed by atoms with van der Waals surface area (Å²) in [5.41, 5.74) is 0.318. The van der Waals surface area contributed by atoms with Crippen LogP contribution in [-0.4, -0.2) is 15.9 Å². The third kappa shape index (κ3) is 3.11. The molecular formula is C15H9F3N2O2S. The molecule has 0 spiro atoms. The predicted octanol–water partition coefficient (Wildman–Crippen LogP) is 3.95. The molecule has 3 aromatic rings. The molecule has 118 valence electrons. The zero-order valence-corrected chi connectivity index (χ0v) is 12.2. The molecular weight excluding hydrogens is 329 g/mol. The van der Waals surface area contributed by atoms with Gasteiger partial charge in [0.15, 0.2) is 4.77 Å². The number of ether oxygens (including phenoxy) is 1. The highest BCUT2D eigenvalue weighted by Gasteiger charge is 2.31. The fourth-order valence-corrected chi connectivity index (χ4v) is 2.51. The molecule has 2 aromatic carbocycles. The molecule has 1 heterocycles. The van der Waals surface area contributed by atoms with E-state index in [0.717, 1.165) is 16.7 Å². The molecule has 1 aromatic heterocycles. The Morgan fingerprint density at radius 2 is 1.83 bits per heavy atom. The van der Waals surface area contributed by atoms with Gasteiger partial charge in [0.25, 0.3) is 5.56 Å². The maximum absolute atomic E-state index is 12.6. The fraction of sp³-hybridized carbons (Fsp3) is 0.0667. The molecule has 23 heavy (non-hydrogen) atoms. The molecule has 1 N–H and O–H groups in total. The lowest BCUT2D eigenvalue weighted by molar-refractivity contribution is -0.274. The van der Waals surface area contributed by atoms with Crippen molar-refractivity contribution in [3.63, 3.8) is 0 Å². The number of rotatable bonds is 2. The average Bonchev–Trinajstić information content (AvgIpc) is 2.46. The van der Waals surface area contributed by atoms with Gasteiger partial charge >= 0.3 is 6.36 Å². The summed E-state index contributed by atoms with van der Waals surface area (Å²) in [6, 6.07) is 11.8. The summed E-state index contributed by atoms with van der Waals surface area (Å²) in [6.45, 7) is 0. The number of nitrogens with one attached hydrogen (secondary N) is 1. The number of aromatic amines is 1. The van der Waals surface area contributed by atoms with Crippen LogP contribution >= 0.6 is 12.2 Å². The van der Waals surface area contributed by atoms with E-state index in [1.165, 1.54) is 12.1 Å². The van der Waals surface area contributed by atoms with Gasteiger partial charge in [0.1, 0.15) is 5.75 Å². The van der Waals surface area contributed by atoms with Crippen molar-refractivity contribution in [3.05, 3.63) is 63.7 Å². The molecule has 0 fully saturated rings. The zero-order valence-electron chi connectivity index (χ0n) is 11.4. The second kappa shape index (κ2) is 5.54. The van der Waals surface area contributed by atoms with E-state index in [4.69, 9.17) is 12.2 Å². The van der Waals surface area contributed by atoms with E-state index in [1.54, 1.807) is 24.3 Å². The largest absolute Gasteiger partial charge is 0.573 e. The summed E-state index contributed by atoms with van der Waals surface area (Å²) in [5.74, 6) is -0.426. The minimum atomic E-state index is -4.81. The van der Waals surface area contributed by atoms with Crippen molar-refractivity contribution in [3.8, 4) is 11.4 Å². The second-order valence-corrected chi connectivity index (χ2v) is 5.05. The van der Waals surface area contributed by atoms with E-state index < -0.39 is 17.7 Å². The van der Waals surface area contributed by atoms with Crippen LogP contribution in [0.2, 0.25) is 0 Å². The van der Waals surface area contributed by atoms with Crippen molar-refractivity contribution in [1.29, 1.82) is 0 Å². The first kappa shape index (κ1) is 15.3. The van der Waals surface area contributed by atoms with Crippen LogP contribution in [0.3, 0.4) is 0 Å². The summed E-state index contributed by atoms with van der Waals surface area (Å²) in [5, 5.41) is 0.378. The van der Waals surface area contributed by atoms with Crippen LogP contribution in [-0.2, 0) is 0 Å². The van der Waals surface area contributed by atoms with E-state index in [1.807, 2.05) is 0 Å². The molecule has 0 aliphatic carbocycles. The Morgan fingerprint density at radius 3 is 2.57 bits per heavy atom. The highest BCUT2D eigenvalue weighted by atomic mass is 32.1. The van der Waals surface area contributed by atoms with Crippen molar-refractivity contribution >= 4 is 23.1 Å². The molecule has 0 saturated carbocycles. The number of halogens is 3. The molecule has 4 nitrogen and oxygen atoms in total. The third-order valence-corrected chi connectivity index (χ3v) is 3.40. The number of para-hydroxylation sites is 1. The number of nitrogens with zero attached hydrogens (tertiary/aromatic N) is 1. The van der Waals surface area contributed by atoms with Crippen LogP contribution in [0, 0.1) is 4.77 Å². The van der Waals surface area contributed by atoms with Gasteiger partial charge < -0.3 is 9.72 Å². The summed E-state index contributed by atoms with van der Waals surface area (Å²) < 4.78 is 42.1. The highest BCUT2D eigenvalue weighted by molar-refractivity contribution is 7.71. The molecule has 0 amide bonds. The van der Waals surface area contributed by atoms with Gasteiger partial charge in [-0.1, -0.05) is 18.2 Å². The minimum absolute atomic E-state index is 0.0814. The van der Waals surface area contributed by atoms with E-state index in [0.29, 0.717) is 10.9 Å². The SMILES string of the molecule is O=c1c2ccccc2[nH]c(=S)n1-c1cccc(OC(F)(F)F)c1.